The number of nitrogens with two attached hydrogens (primary N) is 1. The lowest BCUT2D eigenvalue weighted by Crippen LogP contribution is -2.38. The molecule has 3 atom stereocenters. The van der Waals surface area contributed by atoms with Gasteiger partial charge in [0.25, 0.3) is 0 Å². The number of aliphatic hydroxyl groups is 1. The van der Waals surface area contributed by atoms with Crippen LogP contribution in [0.25, 0.3) is 0 Å². The van der Waals surface area contributed by atoms with Crippen LogP contribution in [0.2, 0.25) is 0 Å². The number of nitrogens with zero attached hydrogens (tertiary/aromatic N) is 1. The molecule has 15 heavy (non-hydrogen) atoms. The van der Waals surface area contributed by atoms with E-state index in [1.165, 1.54) is 45.1 Å². The van der Waals surface area contributed by atoms with Gasteiger partial charge in [-0.15, -0.1) is 0 Å². The Hall–Kier alpha value is -0.120. The Morgan fingerprint density at radius 2 is 2.13 bits per heavy atom. The average Bonchev–Trinajstić information content (AvgIpc) is 2.82. The third-order valence-corrected chi connectivity index (χ3v) is 4.03. The molecule has 88 valence electrons. The summed E-state index contributed by atoms with van der Waals surface area (Å²) in [6.45, 7) is 1.60. The van der Waals surface area contributed by atoms with Gasteiger partial charge >= 0.3 is 0 Å². The van der Waals surface area contributed by atoms with Gasteiger partial charge in [-0.05, 0) is 51.5 Å². The van der Waals surface area contributed by atoms with Crippen molar-refractivity contribution >= 4 is 0 Å². The van der Waals surface area contributed by atoms with Crippen LogP contribution in [0.5, 0.6) is 0 Å². The SMILES string of the molecule is NC1CCC(N2CCCC2CCCO)C1. The van der Waals surface area contributed by atoms with E-state index in [1.54, 1.807) is 0 Å². The predicted molar refractivity (Wildman–Crippen MR) is 61.7 cm³/mol. The zero-order valence-corrected chi connectivity index (χ0v) is 9.57. The van der Waals surface area contributed by atoms with E-state index < -0.39 is 0 Å². The minimum atomic E-state index is 0.342. The van der Waals surface area contributed by atoms with Gasteiger partial charge in [0, 0.05) is 24.7 Å². The fourth-order valence-electron chi connectivity index (χ4n) is 3.27. The third kappa shape index (κ3) is 2.71. The Morgan fingerprint density at radius 1 is 1.27 bits per heavy atom. The van der Waals surface area contributed by atoms with E-state index in [4.69, 9.17) is 10.8 Å². The first-order valence-electron chi connectivity index (χ1n) is 6.43. The normalized spacial score (nSPS) is 37.6. The molecule has 1 saturated heterocycles. The molecule has 2 aliphatic rings. The maximum atomic E-state index is 8.88. The second kappa shape index (κ2) is 5.28. The lowest BCUT2D eigenvalue weighted by molar-refractivity contribution is 0.162. The molecule has 1 aliphatic heterocycles. The average molecular weight is 212 g/mol. The molecule has 1 heterocycles. The summed E-state index contributed by atoms with van der Waals surface area (Å²) in [5.41, 5.74) is 5.97. The summed E-state index contributed by atoms with van der Waals surface area (Å²) in [6.07, 6.45) is 8.47. The van der Waals surface area contributed by atoms with Gasteiger partial charge in [0.05, 0.1) is 0 Å². The number of hydrogen-bond acceptors (Lipinski definition) is 3. The Bertz CT molecular complexity index is 198. The Morgan fingerprint density at radius 3 is 2.80 bits per heavy atom. The zero-order chi connectivity index (χ0) is 10.7. The van der Waals surface area contributed by atoms with E-state index >= 15 is 0 Å². The van der Waals surface area contributed by atoms with Crippen molar-refractivity contribution in [2.75, 3.05) is 13.2 Å². The summed E-state index contributed by atoms with van der Waals surface area (Å²) in [7, 11) is 0. The van der Waals surface area contributed by atoms with Gasteiger partial charge in [-0.1, -0.05) is 0 Å². The van der Waals surface area contributed by atoms with Gasteiger partial charge in [0.2, 0.25) is 0 Å². The largest absolute Gasteiger partial charge is 0.396 e. The van der Waals surface area contributed by atoms with Crippen molar-refractivity contribution in [2.45, 2.75) is 63.1 Å². The molecule has 0 bridgehead atoms. The quantitative estimate of drug-likeness (QED) is 0.734. The van der Waals surface area contributed by atoms with E-state index in [0.717, 1.165) is 18.5 Å². The van der Waals surface area contributed by atoms with Crippen LogP contribution in [0.1, 0.15) is 44.9 Å². The second-order valence-corrected chi connectivity index (χ2v) is 5.13. The highest BCUT2D eigenvalue weighted by Crippen LogP contribution is 2.31. The van der Waals surface area contributed by atoms with Crippen LogP contribution >= 0.6 is 0 Å². The first-order chi connectivity index (χ1) is 7.31. The van der Waals surface area contributed by atoms with Gasteiger partial charge in [-0.3, -0.25) is 4.90 Å². The van der Waals surface area contributed by atoms with Crippen molar-refractivity contribution < 1.29 is 5.11 Å². The van der Waals surface area contributed by atoms with Crippen LogP contribution < -0.4 is 5.73 Å². The van der Waals surface area contributed by atoms with E-state index in [2.05, 4.69) is 4.90 Å². The van der Waals surface area contributed by atoms with Gasteiger partial charge in [-0.25, -0.2) is 0 Å². The fourth-order valence-corrected chi connectivity index (χ4v) is 3.27. The molecule has 2 rings (SSSR count). The molecule has 3 N–H and O–H groups in total. The van der Waals surface area contributed by atoms with E-state index in [9.17, 15) is 0 Å². The Labute approximate surface area is 92.6 Å². The summed E-state index contributed by atoms with van der Waals surface area (Å²) >= 11 is 0. The molecular weight excluding hydrogens is 188 g/mol. The molecule has 0 spiro atoms. The smallest absolute Gasteiger partial charge is 0.0431 e. The summed E-state index contributed by atoms with van der Waals surface area (Å²) in [5, 5.41) is 8.88. The minimum Gasteiger partial charge on any atom is -0.396 e. The number of hydrogen-bond donors (Lipinski definition) is 2. The first kappa shape index (κ1) is 11.4. The molecule has 0 amide bonds. The summed E-state index contributed by atoms with van der Waals surface area (Å²) in [6, 6.07) is 1.91. The predicted octanol–water partition coefficient (Wildman–Crippen LogP) is 1.10. The van der Waals surface area contributed by atoms with Gasteiger partial charge in [0.1, 0.15) is 0 Å². The minimum absolute atomic E-state index is 0.342. The highest BCUT2D eigenvalue weighted by molar-refractivity contribution is 4.90. The molecule has 0 aromatic rings. The molecule has 3 heteroatoms. The van der Waals surface area contributed by atoms with Crippen LogP contribution in [-0.2, 0) is 0 Å². The lowest BCUT2D eigenvalue weighted by atomic mass is 10.1. The van der Waals surface area contributed by atoms with Crippen LogP contribution in [0.15, 0.2) is 0 Å². The van der Waals surface area contributed by atoms with Crippen LogP contribution in [0.4, 0.5) is 0 Å². The van der Waals surface area contributed by atoms with Crippen LogP contribution in [0, 0.1) is 0 Å². The Balaban J connectivity index is 1.84. The lowest BCUT2D eigenvalue weighted by Gasteiger charge is -2.30. The highest BCUT2D eigenvalue weighted by atomic mass is 16.2. The maximum absolute atomic E-state index is 8.88. The molecule has 0 radical (unpaired) electrons. The topological polar surface area (TPSA) is 49.5 Å². The van der Waals surface area contributed by atoms with Crippen LogP contribution in [-0.4, -0.2) is 41.3 Å². The molecular formula is C12H24N2O. The molecule has 0 aromatic carbocycles. The summed E-state index contributed by atoms with van der Waals surface area (Å²) in [5.74, 6) is 0. The molecule has 0 aromatic heterocycles. The second-order valence-electron chi connectivity index (χ2n) is 5.13. The fraction of sp³-hybridized carbons (Fsp3) is 1.00. The molecule has 2 fully saturated rings. The standard InChI is InChI=1S/C12H24N2O/c13-10-5-6-12(9-10)14-7-1-3-11(14)4-2-8-15/h10-12,15H,1-9,13H2. The third-order valence-electron chi connectivity index (χ3n) is 4.03. The summed E-state index contributed by atoms with van der Waals surface area (Å²) in [4.78, 5) is 2.67. The molecule has 1 aliphatic carbocycles. The van der Waals surface area contributed by atoms with Gasteiger partial charge in [-0.2, -0.15) is 0 Å². The van der Waals surface area contributed by atoms with E-state index in [0.29, 0.717) is 12.6 Å². The molecule has 1 saturated carbocycles. The number of rotatable bonds is 4. The van der Waals surface area contributed by atoms with Crippen molar-refractivity contribution in [3.05, 3.63) is 0 Å². The van der Waals surface area contributed by atoms with Gasteiger partial charge in [0.15, 0.2) is 0 Å². The van der Waals surface area contributed by atoms with Crippen molar-refractivity contribution in [1.82, 2.24) is 4.90 Å². The Kier molecular flexibility index (Phi) is 4.00. The van der Waals surface area contributed by atoms with Crippen molar-refractivity contribution in [3.63, 3.8) is 0 Å². The number of likely N-dealkylation sites (tertiary alicyclic amines) is 1. The van der Waals surface area contributed by atoms with Gasteiger partial charge < -0.3 is 10.8 Å². The first-order valence-corrected chi connectivity index (χ1v) is 6.43. The monoisotopic (exact) mass is 212 g/mol. The van der Waals surface area contributed by atoms with E-state index in [1.807, 2.05) is 0 Å². The molecule has 3 nitrogen and oxygen atoms in total. The van der Waals surface area contributed by atoms with Crippen molar-refractivity contribution in [3.8, 4) is 0 Å². The number of aliphatic hydroxyl groups excluding tert-OH is 1. The van der Waals surface area contributed by atoms with E-state index in [-0.39, 0.29) is 0 Å². The molecule has 3 unspecified atom stereocenters. The summed E-state index contributed by atoms with van der Waals surface area (Å²) < 4.78 is 0. The zero-order valence-electron chi connectivity index (χ0n) is 9.57. The van der Waals surface area contributed by atoms with Crippen molar-refractivity contribution in [2.24, 2.45) is 5.73 Å². The highest BCUT2D eigenvalue weighted by Gasteiger charge is 2.33. The maximum Gasteiger partial charge on any atom is 0.0431 e. The van der Waals surface area contributed by atoms with Crippen molar-refractivity contribution in [1.29, 1.82) is 0 Å². The van der Waals surface area contributed by atoms with Crippen LogP contribution in [0.3, 0.4) is 0 Å².